The maximum atomic E-state index is 2.84. The molecule has 2 aliphatic carbocycles. The van der Waals surface area contributed by atoms with Gasteiger partial charge in [0.1, 0.15) is 0 Å². The van der Waals surface area contributed by atoms with Gasteiger partial charge in [-0.15, -0.1) is 24.8 Å². The second kappa shape index (κ2) is 13.6. The molecule has 0 aliphatic heterocycles. The molecule has 0 heterocycles. The van der Waals surface area contributed by atoms with Gasteiger partial charge in [0.25, 0.3) is 0 Å². The van der Waals surface area contributed by atoms with Crippen LogP contribution in [0.2, 0.25) is 16.5 Å². The van der Waals surface area contributed by atoms with Crippen LogP contribution in [0.15, 0.2) is 60.7 Å². The summed E-state index contributed by atoms with van der Waals surface area (Å²) in [5.74, 6) is 1.27. The molecular formula is C32H48Cl2SiZr. The van der Waals surface area contributed by atoms with Crippen molar-refractivity contribution >= 4 is 43.8 Å². The van der Waals surface area contributed by atoms with Gasteiger partial charge in [-0.05, 0) is 0 Å². The molecule has 36 heavy (non-hydrogen) atoms. The molecule has 4 unspecified atom stereocenters. The van der Waals surface area contributed by atoms with E-state index in [1.165, 1.54) is 62.5 Å². The quantitative estimate of drug-likeness (QED) is 0.207. The summed E-state index contributed by atoms with van der Waals surface area (Å²) in [7, 11) is 0. The van der Waals surface area contributed by atoms with Crippen LogP contribution >= 0.6 is 24.8 Å². The largest absolute Gasteiger partial charge is 0.147 e. The molecule has 0 amide bonds. The fraction of sp³-hybridized carbons (Fsp3) is 0.500. The first-order chi connectivity index (χ1) is 16.3. The summed E-state index contributed by atoms with van der Waals surface area (Å²) in [5, 5.41) is 0. The number of fused-ring (bicyclic) bond motifs is 2. The molecule has 4 atom stereocenters. The Morgan fingerprint density at radius 3 is 1.44 bits per heavy atom. The van der Waals surface area contributed by atoms with Gasteiger partial charge >= 0.3 is 213 Å². The normalized spacial score (nSPS) is 19.7. The standard InChI is InChI=1S/2C15H19.2CH3.2ClH.H2Si.Zr/c2*1-2-3-4-5-8-13-11-12-14-9-6-7-10-15(13)14;;;;;;/h2*4,6-7,9-13H,2-3,5,8H2,1H3;2*1H3;2*1H;1H2;. The molecule has 2 aromatic carbocycles. The number of allylic oxidation sites excluding steroid dienone is 2. The summed E-state index contributed by atoms with van der Waals surface area (Å²) in [5.41, 5.74) is 6.03. The molecule has 4 rings (SSSR count). The van der Waals surface area contributed by atoms with E-state index >= 15 is 0 Å². The zero-order valence-electron chi connectivity index (χ0n) is 22.9. The SMILES string of the molecule is CCC[CH](CCC1C=Cc2ccccc21)[Zr]([CH3])([CH3])(=[SiH2])[CH](CCC)CCC1C=Cc2ccccc21.Cl.Cl. The van der Waals surface area contributed by atoms with Gasteiger partial charge in [0.15, 0.2) is 0 Å². The Bertz CT molecular complexity index is 1030. The van der Waals surface area contributed by atoms with Crippen molar-refractivity contribution in [2.45, 2.75) is 93.6 Å². The van der Waals surface area contributed by atoms with Gasteiger partial charge in [0.05, 0.1) is 0 Å². The molecule has 0 N–H and O–H groups in total. The average Bonchev–Trinajstić information content (AvgIpc) is 3.43. The monoisotopic (exact) mass is 620 g/mol. The molecule has 0 fully saturated rings. The fourth-order valence-electron chi connectivity index (χ4n) is 7.13. The minimum atomic E-state index is -2.93. The minimum absolute atomic E-state index is 0. The molecule has 198 valence electrons. The summed E-state index contributed by atoms with van der Waals surface area (Å²) in [4.78, 5) is 0. The average molecular weight is 623 g/mol. The van der Waals surface area contributed by atoms with Crippen molar-refractivity contribution in [3.05, 3.63) is 82.9 Å². The second-order valence-electron chi connectivity index (χ2n) is 12.3. The zero-order valence-corrected chi connectivity index (χ0v) is 28.4. The van der Waals surface area contributed by atoms with E-state index in [4.69, 9.17) is 0 Å². The Labute approximate surface area is 236 Å². The molecule has 0 spiro atoms. The van der Waals surface area contributed by atoms with Crippen LogP contribution in [0.4, 0.5) is 0 Å². The Morgan fingerprint density at radius 2 is 1.06 bits per heavy atom. The van der Waals surface area contributed by atoms with Crippen LogP contribution < -0.4 is 0 Å². The van der Waals surface area contributed by atoms with Crippen molar-refractivity contribution in [3.63, 3.8) is 0 Å². The minimum Gasteiger partial charge on any atom is -0.147 e. The van der Waals surface area contributed by atoms with E-state index in [1.807, 2.05) is 0 Å². The summed E-state index contributed by atoms with van der Waals surface area (Å²) in [6.07, 6.45) is 20.7. The van der Waals surface area contributed by atoms with E-state index in [0.29, 0.717) is 11.8 Å². The van der Waals surface area contributed by atoms with E-state index < -0.39 is 17.4 Å². The summed E-state index contributed by atoms with van der Waals surface area (Å²) in [6.45, 7) is 7.39. The Morgan fingerprint density at radius 1 is 0.667 bits per heavy atom. The number of hydrogen-bond acceptors (Lipinski definition) is 0. The molecule has 2 aliphatic rings. The molecule has 0 radical (unpaired) electrons. The Hall–Kier alpha value is -0.400. The molecule has 0 saturated carbocycles. The smallest absolute Gasteiger partial charge is 0.147 e. The molecule has 2 aromatic rings. The van der Waals surface area contributed by atoms with Gasteiger partial charge in [0.2, 0.25) is 0 Å². The molecule has 0 nitrogen and oxygen atoms in total. The summed E-state index contributed by atoms with van der Waals surface area (Å²) >= 11 is -2.93. The number of hydrogen-bond donors (Lipinski definition) is 0. The number of rotatable bonds is 12. The van der Waals surface area contributed by atoms with Gasteiger partial charge in [-0.25, -0.2) is 0 Å². The van der Waals surface area contributed by atoms with Crippen LogP contribution in [-0.4, -0.2) is 6.88 Å². The van der Waals surface area contributed by atoms with Crippen LogP contribution in [0.1, 0.15) is 99.3 Å². The van der Waals surface area contributed by atoms with Gasteiger partial charge in [-0.3, -0.25) is 0 Å². The first-order valence-corrected chi connectivity index (χ1v) is 27.6. The first-order valence-electron chi connectivity index (χ1n) is 13.9. The molecule has 0 aromatic heterocycles. The summed E-state index contributed by atoms with van der Waals surface area (Å²) < 4.78 is 7.62. The van der Waals surface area contributed by atoms with E-state index in [9.17, 15) is 0 Å². The van der Waals surface area contributed by atoms with Gasteiger partial charge in [-0.2, -0.15) is 0 Å². The predicted octanol–water partition coefficient (Wildman–Crippen LogP) is 10.5. The number of halogens is 2. The Kier molecular flexibility index (Phi) is 12.0. The first kappa shape index (κ1) is 31.8. The van der Waals surface area contributed by atoms with Crippen LogP contribution in [-0.2, 0) is 17.4 Å². The maximum absolute atomic E-state index is 2.93. The van der Waals surface area contributed by atoms with Crippen LogP contribution in [0.5, 0.6) is 0 Å². The van der Waals surface area contributed by atoms with Crippen molar-refractivity contribution in [1.82, 2.24) is 0 Å². The molecular weight excluding hydrogens is 575 g/mol. The van der Waals surface area contributed by atoms with Crippen molar-refractivity contribution < 1.29 is 17.4 Å². The van der Waals surface area contributed by atoms with Crippen molar-refractivity contribution in [2.75, 3.05) is 0 Å². The molecule has 4 heteroatoms. The number of benzene rings is 2. The van der Waals surface area contributed by atoms with Crippen molar-refractivity contribution in [1.29, 1.82) is 0 Å². The topological polar surface area (TPSA) is 0 Å². The molecule has 0 saturated heterocycles. The van der Waals surface area contributed by atoms with Gasteiger partial charge in [0, 0.05) is 0 Å². The Balaban J connectivity index is 0.00000228. The van der Waals surface area contributed by atoms with Crippen molar-refractivity contribution in [3.8, 4) is 0 Å². The zero-order chi connectivity index (χ0) is 24.2. The van der Waals surface area contributed by atoms with Crippen molar-refractivity contribution in [2.24, 2.45) is 0 Å². The third-order valence-corrected chi connectivity index (χ3v) is 32.3. The van der Waals surface area contributed by atoms with Gasteiger partial charge in [-0.1, -0.05) is 0 Å². The van der Waals surface area contributed by atoms with E-state index in [1.54, 1.807) is 11.1 Å². The van der Waals surface area contributed by atoms with Gasteiger partial charge < -0.3 is 0 Å². The van der Waals surface area contributed by atoms with Crippen LogP contribution in [0.3, 0.4) is 0 Å². The third-order valence-electron chi connectivity index (χ3n) is 9.42. The van der Waals surface area contributed by atoms with E-state index in [2.05, 4.69) is 103 Å². The van der Waals surface area contributed by atoms with E-state index in [-0.39, 0.29) is 24.8 Å². The predicted molar refractivity (Wildman–Crippen MR) is 167 cm³/mol. The summed E-state index contributed by atoms with van der Waals surface area (Å²) in [6, 6.07) is 18.1. The second-order valence-corrected chi connectivity index (χ2v) is 43.9. The van der Waals surface area contributed by atoms with Crippen LogP contribution in [0.25, 0.3) is 12.2 Å². The van der Waals surface area contributed by atoms with Crippen LogP contribution in [0, 0.1) is 0 Å². The third kappa shape index (κ3) is 6.97. The molecule has 0 bridgehead atoms. The van der Waals surface area contributed by atoms with E-state index in [0.717, 1.165) is 7.25 Å². The maximum Gasteiger partial charge on any atom is -0.147 e. The fourth-order valence-corrected chi connectivity index (χ4v) is 25.2.